The molecule has 3 heteroatoms. The van der Waals surface area contributed by atoms with Gasteiger partial charge in [-0.1, -0.05) is 36.4 Å². The fourth-order valence-electron chi connectivity index (χ4n) is 2.43. The summed E-state index contributed by atoms with van der Waals surface area (Å²) in [7, 11) is 4.21. The molecule has 23 heavy (non-hydrogen) atoms. The minimum Gasteiger partial charge on any atom is -0.489 e. The number of ether oxygens (including phenoxy) is 1. The van der Waals surface area contributed by atoms with E-state index in [4.69, 9.17) is 4.74 Å². The van der Waals surface area contributed by atoms with E-state index in [0.717, 1.165) is 31.8 Å². The highest BCUT2D eigenvalue weighted by Gasteiger charge is 2.00. The zero-order chi connectivity index (χ0) is 16.5. The first kappa shape index (κ1) is 17.5. The molecular weight excluding hydrogens is 284 g/mol. The van der Waals surface area contributed by atoms with Crippen molar-refractivity contribution >= 4 is 0 Å². The van der Waals surface area contributed by atoms with Crippen molar-refractivity contribution in [1.82, 2.24) is 10.2 Å². The predicted octanol–water partition coefficient (Wildman–Crippen LogP) is 3.62. The van der Waals surface area contributed by atoms with E-state index in [0.29, 0.717) is 6.61 Å². The third-order valence-electron chi connectivity index (χ3n) is 3.84. The van der Waals surface area contributed by atoms with Crippen molar-refractivity contribution in [1.29, 1.82) is 0 Å². The van der Waals surface area contributed by atoms with Gasteiger partial charge in [-0.05, 0) is 69.4 Å². The van der Waals surface area contributed by atoms with E-state index in [1.165, 1.54) is 16.7 Å². The van der Waals surface area contributed by atoms with Crippen molar-refractivity contribution in [2.75, 3.05) is 27.2 Å². The van der Waals surface area contributed by atoms with Crippen molar-refractivity contribution in [3.8, 4) is 5.75 Å². The summed E-state index contributed by atoms with van der Waals surface area (Å²) in [4.78, 5) is 2.21. The summed E-state index contributed by atoms with van der Waals surface area (Å²) in [5.74, 6) is 0.931. The van der Waals surface area contributed by atoms with E-state index >= 15 is 0 Å². The third kappa shape index (κ3) is 6.43. The van der Waals surface area contributed by atoms with Gasteiger partial charge in [0, 0.05) is 6.54 Å². The summed E-state index contributed by atoms with van der Waals surface area (Å²) in [6.07, 6.45) is 1.16. The second-order valence-corrected chi connectivity index (χ2v) is 6.20. The van der Waals surface area contributed by atoms with Crippen LogP contribution in [0.2, 0.25) is 0 Å². The van der Waals surface area contributed by atoms with Gasteiger partial charge in [0.2, 0.25) is 0 Å². The molecule has 0 saturated carbocycles. The molecule has 2 aromatic rings. The van der Waals surface area contributed by atoms with Crippen molar-refractivity contribution in [2.24, 2.45) is 0 Å². The number of nitrogens with one attached hydrogen (secondary N) is 1. The highest BCUT2D eigenvalue weighted by Crippen LogP contribution is 2.16. The minimum absolute atomic E-state index is 0.617. The summed E-state index contributed by atoms with van der Waals surface area (Å²) in [6.45, 7) is 5.77. The van der Waals surface area contributed by atoms with Gasteiger partial charge < -0.3 is 15.0 Å². The summed E-state index contributed by atoms with van der Waals surface area (Å²) >= 11 is 0. The maximum Gasteiger partial charge on any atom is 0.120 e. The topological polar surface area (TPSA) is 24.5 Å². The molecule has 0 aliphatic rings. The molecule has 0 fully saturated rings. The molecule has 0 spiro atoms. The zero-order valence-electron chi connectivity index (χ0n) is 14.5. The first-order valence-corrected chi connectivity index (χ1v) is 8.27. The van der Waals surface area contributed by atoms with Crippen LogP contribution in [0.4, 0.5) is 0 Å². The molecule has 1 N–H and O–H groups in total. The van der Waals surface area contributed by atoms with Gasteiger partial charge in [-0.3, -0.25) is 0 Å². The molecule has 0 aliphatic heterocycles. The molecule has 0 atom stereocenters. The normalized spacial score (nSPS) is 11.0. The Labute approximate surface area is 140 Å². The molecule has 124 valence electrons. The van der Waals surface area contributed by atoms with Gasteiger partial charge in [0.15, 0.2) is 0 Å². The molecule has 3 nitrogen and oxygen atoms in total. The number of hydrogen-bond acceptors (Lipinski definition) is 3. The van der Waals surface area contributed by atoms with Crippen LogP contribution in [0, 0.1) is 6.92 Å². The van der Waals surface area contributed by atoms with Crippen molar-refractivity contribution in [3.63, 3.8) is 0 Å². The first-order valence-electron chi connectivity index (χ1n) is 8.27. The van der Waals surface area contributed by atoms with Crippen LogP contribution in [-0.2, 0) is 13.2 Å². The smallest absolute Gasteiger partial charge is 0.120 e. The largest absolute Gasteiger partial charge is 0.489 e. The standard InChI is InChI=1S/C20H28N2O/c1-17-8-4-5-10-19(17)16-23-20-11-6-9-18(14-20)15-21-12-7-13-22(2)3/h4-6,8-11,14,21H,7,12-13,15-16H2,1-3H3. The van der Waals surface area contributed by atoms with Crippen LogP contribution in [0.3, 0.4) is 0 Å². The van der Waals surface area contributed by atoms with Gasteiger partial charge in [0.25, 0.3) is 0 Å². The quantitative estimate of drug-likeness (QED) is 0.716. The number of hydrogen-bond donors (Lipinski definition) is 1. The second-order valence-electron chi connectivity index (χ2n) is 6.20. The highest BCUT2D eigenvalue weighted by atomic mass is 16.5. The van der Waals surface area contributed by atoms with Gasteiger partial charge in [-0.15, -0.1) is 0 Å². The van der Waals surface area contributed by atoms with Crippen LogP contribution in [0.5, 0.6) is 5.75 Å². The Balaban J connectivity index is 1.79. The average Bonchev–Trinajstić information content (AvgIpc) is 2.54. The van der Waals surface area contributed by atoms with E-state index in [2.05, 4.69) is 73.7 Å². The molecule has 0 saturated heterocycles. The summed E-state index contributed by atoms with van der Waals surface area (Å²) in [6, 6.07) is 16.7. The van der Waals surface area contributed by atoms with E-state index < -0.39 is 0 Å². The minimum atomic E-state index is 0.617. The maximum atomic E-state index is 5.94. The van der Waals surface area contributed by atoms with Crippen LogP contribution < -0.4 is 10.1 Å². The Hall–Kier alpha value is -1.84. The summed E-state index contributed by atoms with van der Waals surface area (Å²) < 4.78 is 5.94. The summed E-state index contributed by atoms with van der Waals surface area (Å²) in [5, 5.41) is 3.48. The average molecular weight is 312 g/mol. The Bertz CT molecular complexity index is 596. The highest BCUT2D eigenvalue weighted by molar-refractivity contribution is 5.30. The number of aryl methyl sites for hydroxylation is 1. The lowest BCUT2D eigenvalue weighted by Gasteiger charge is -2.11. The number of nitrogens with zero attached hydrogens (tertiary/aromatic N) is 1. The van der Waals surface area contributed by atoms with Gasteiger partial charge in [-0.25, -0.2) is 0 Å². The molecule has 0 bridgehead atoms. The van der Waals surface area contributed by atoms with Crippen LogP contribution in [0.25, 0.3) is 0 Å². The Kier molecular flexibility index (Phi) is 7.11. The Morgan fingerprint density at radius 3 is 2.65 bits per heavy atom. The third-order valence-corrected chi connectivity index (χ3v) is 3.84. The van der Waals surface area contributed by atoms with Gasteiger partial charge in [0.1, 0.15) is 12.4 Å². The number of benzene rings is 2. The molecule has 0 amide bonds. The molecule has 0 aliphatic carbocycles. The van der Waals surface area contributed by atoms with Crippen LogP contribution in [0.1, 0.15) is 23.1 Å². The van der Waals surface area contributed by atoms with E-state index in [-0.39, 0.29) is 0 Å². The van der Waals surface area contributed by atoms with E-state index in [9.17, 15) is 0 Å². The predicted molar refractivity (Wildman–Crippen MR) is 96.8 cm³/mol. The van der Waals surface area contributed by atoms with Crippen LogP contribution in [-0.4, -0.2) is 32.1 Å². The van der Waals surface area contributed by atoms with Crippen molar-refractivity contribution in [3.05, 3.63) is 65.2 Å². The molecule has 0 aromatic heterocycles. The van der Waals surface area contributed by atoms with Crippen LogP contribution in [0.15, 0.2) is 48.5 Å². The SMILES string of the molecule is Cc1ccccc1COc1cccc(CNCCCN(C)C)c1. The van der Waals surface area contributed by atoms with Crippen molar-refractivity contribution in [2.45, 2.75) is 26.5 Å². The zero-order valence-corrected chi connectivity index (χ0v) is 14.5. The molecule has 2 rings (SSSR count). The van der Waals surface area contributed by atoms with E-state index in [1.807, 2.05) is 6.07 Å². The van der Waals surface area contributed by atoms with Gasteiger partial charge in [-0.2, -0.15) is 0 Å². The summed E-state index contributed by atoms with van der Waals surface area (Å²) in [5.41, 5.74) is 3.77. The lowest BCUT2D eigenvalue weighted by atomic mass is 10.1. The molecule has 0 unspecified atom stereocenters. The molecule has 0 heterocycles. The fraction of sp³-hybridized carbons (Fsp3) is 0.400. The second kappa shape index (κ2) is 9.33. The van der Waals surface area contributed by atoms with E-state index in [1.54, 1.807) is 0 Å². The monoisotopic (exact) mass is 312 g/mol. The van der Waals surface area contributed by atoms with Crippen LogP contribution >= 0.6 is 0 Å². The molecular formula is C20H28N2O. The maximum absolute atomic E-state index is 5.94. The first-order chi connectivity index (χ1) is 11.1. The van der Waals surface area contributed by atoms with Gasteiger partial charge >= 0.3 is 0 Å². The van der Waals surface area contributed by atoms with Gasteiger partial charge in [0.05, 0.1) is 0 Å². The lowest BCUT2D eigenvalue weighted by Crippen LogP contribution is -2.20. The Morgan fingerprint density at radius 2 is 1.87 bits per heavy atom. The Morgan fingerprint density at radius 1 is 1.04 bits per heavy atom. The lowest BCUT2D eigenvalue weighted by molar-refractivity contribution is 0.305. The number of rotatable bonds is 9. The molecule has 0 radical (unpaired) electrons. The molecule has 2 aromatic carbocycles. The van der Waals surface area contributed by atoms with Crippen molar-refractivity contribution < 1.29 is 4.74 Å². The fourth-order valence-corrected chi connectivity index (χ4v) is 2.43.